The SMILES string of the molecule is CCCOc1ccc(C(=O)CCNc2ccc(CC(=O)OCC)cc2)cc1. The van der Waals surface area contributed by atoms with Crippen molar-refractivity contribution in [3.05, 3.63) is 59.7 Å². The van der Waals surface area contributed by atoms with Gasteiger partial charge in [0.15, 0.2) is 5.78 Å². The number of nitrogens with one attached hydrogen (secondary N) is 1. The van der Waals surface area contributed by atoms with E-state index in [9.17, 15) is 9.59 Å². The molecule has 2 rings (SSSR count). The van der Waals surface area contributed by atoms with Crippen LogP contribution in [0.2, 0.25) is 0 Å². The molecule has 0 spiro atoms. The van der Waals surface area contributed by atoms with E-state index in [1.54, 1.807) is 19.1 Å². The number of hydrogen-bond acceptors (Lipinski definition) is 5. The zero-order valence-electron chi connectivity index (χ0n) is 16.0. The lowest BCUT2D eigenvalue weighted by atomic mass is 10.1. The van der Waals surface area contributed by atoms with Crippen LogP contribution in [0.15, 0.2) is 48.5 Å². The molecule has 1 N–H and O–H groups in total. The summed E-state index contributed by atoms with van der Waals surface area (Å²) in [5.74, 6) is 0.646. The van der Waals surface area contributed by atoms with Gasteiger partial charge in [-0.25, -0.2) is 0 Å². The van der Waals surface area contributed by atoms with E-state index >= 15 is 0 Å². The van der Waals surface area contributed by atoms with Gasteiger partial charge in [0.05, 0.1) is 19.6 Å². The first-order chi connectivity index (χ1) is 13.1. The van der Waals surface area contributed by atoms with Crippen LogP contribution in [0.1, 0.15) is 42.6 Å². The Balaban J connectivity index is 1.76. The van der Waals surface area contributed by atoms with Crippen LogP contribution in [0.3, 0.4) is 0 Å². The molecule has 0 aliphatic heterocycles. The second-order valence-corrected chi connectivity index (χ2v) is 6.15. The minimum absolute atomic E-state index is 0.0865. The van der Waals surface area contributed by atoms with E-state index in [0.29, 0.717) is 31.7 Å². The standard InChI is InChI=1S/C22H27NO4/c1-3-15-27-20-11-7-18(8-12-20)21(24)13-14-23-19-9-5-17(6-10-19)16-22(25)26-4-2/h5-12,23H,3-4,13-16H2,1-2H3. The van der Waals surface area contributed by atoms with E-state index in [1.807, 2.05) is 36.4 Å². The number of hydrogen-bond donors (Lipinski definition) is 1. The zero-order valence-corrected chi connectivity index (χ0v) is 16.0. The van der Waals surface area contributed by atoms with Crippen molar-refractivity contribution < 1.29 is 19.1 Å². The van der Waals surface area contributed by atoms with Crippen molar-refractivity contribution in [2.24, 2.45) is 0 Å². The quantitative estimate of drug-likeness (QED) is 0.473. The van der Waals surface area contributed by atoms with Crippen LogP contribution in [-0.2, 0) is 16.0 Å². The maximum absolute atomic E-state index is 12.3. The Morgan fingerprint density at radius 1 is 0.963 bits per heavy atom. The number of carbonyl (C=O) groups excluding carboxylic acids is 2. The molecule has 0 amide bonds. The number of benzene rings is 2. The minimum Gasteiger partial charge on any atom is -0.494 e. The van der Waals surface area contributed by atoms with Gasteiger partial charge in [-0.05, 0) is 55.3 Å². The van der Waals surface area contributed by atoms with Gasteiger partial charge in [0.25, 0.3) is 0 Å². The number of esters is 1. The predicted octanol–water partition coefficient (Wildman–Crippen LogP) is 4.27. The Morgan fingerprint density at radius 2 is 1.67 bits per heavy atom. The number of anilines is 1. The number of ether oxygens (including phenoxy) is 2. The Kier molecular flexibility index (Phi) is 8.36. The van der Waals surface area contributed by atoms with E-state index < -0.39 is 0 Å². The molecular weight excluding hydrogens is 342 g/mol. The van der Waals surface area contributed by atoms with Crippen molar-refractivity contribution in [3.63, 3.8) is 0 Å². The Morgan fingerprint density at radius 3 is 2.30 bits per heavy atom. The lowest BCUT2D eigenvalue weighted by molar-refractivity contribution is -0.142. The normalized spacial score (nSPS) is 10.3. The first-order valence-electron chi connectivity index (χ1n) is 9.37. The van der Waals surface area contributed by atoms with Crippen LogP contribution < -0.4 is 10.1 Å². The predicted molar refractivity (Wildman–Crippen MR) is 106 cm³/mol. The highest BCUT2D eigenvalue weighted by molar-refractivity contribution is 5.96. The topological polar surface area (TPSA) is 64.6 Å². The van der Waals surface area contributed by atoms with Crippen LogP contribution in [-0.4, -0.2) is 31.5 Å². The van der Waals surface area contributed by atoms with Crippen LogP contribution in [0.25, 0.3) is 0 Å². The summed E-state index contributed by atoms with van der Waals surface area (Å²) >= 11 is 0. The second kappa shape index (κ2) is 11.0. The van der Waals surface area contributed by atoms with E-state index in [2.05, 4.69) is 12.2 Å². The van der Waals surface area contributed by atoms with Gasteiger partial charge in [-0.1, -0.05) is 19.1 Å². The molecule has 2 aromatic carbocycles. The lowest BCUT2D eigenvalue weighted by Crippen LogP contribution is -2.09. The number of ketones is 1. The van der Waals surface area contributed by atoms with Crippen molar-refractivity contribution in [2.45, 2.75) is 33.1 Å². The fourth-order valence-electron chi connectivity index (χ4n) is 2.54. The van der Waals surface area contributed by atoms with Gasteiger partial charge in [-0.15, -0.1) is 0 Å². The average molecular weight is 369 g/mol. The molecule has 0 aliphatic rings. The maximum Gasteiger partial charge on any atom is 0.310 e. The molecular formula is C22H27NO4. The second-order valence-electron chi connectivity index (χ2n) is 6.15. The van der Waals surface area contributed by atoms with E-state index in [1.165, 1.54) is 0 Å². The highest BCUT2D eigenvalue weighted by atomic mass is 16.5. The molecule has 5 heteroatoms. The molecule has 0 heterocycles. The van der Waals surface area contributed by atoms with Crippen LogP contribution in [0.4, 0.5) is 5.69 Å². The molecule has 0 fully saturated rings. The third kappa shape index (κ3) is 7.13. The van der Waals surface area contributed by atoms with Crippen molar-refractivity contribution in [2.75, 3.05) is 25.1 Å². The van der Waals surface area contributed by atoms with E-state index in [-0.39, 0.29) is 18.2 Å². The Bertz CT molecular complexity index is 723. The molecule has 144 valence electrons. The third-order valence-electron chi connectivity index (χ3n) is 3.94. The van der Waals surface area contributed by atoms with E-state index in [4.69, 9.17) is 9.47 Å². The van der Waals surface area contributed by atoms with Crippen LogP contribution >= 0.6 is 0 Å². The summed E-state index contributed by atoms with van der Waals surface area (Å²) < 4.78 is 10.5. The van der Waals surface area contributed by atoms with Crippen molar-refractivity contribution in [1.82, 2.24) is 0 Å². The molecule has 0 aliphatic carbocycles. The van der Waals surface area contributed by atoms with Crippen LogP contribution in [0.5, 0.6) is 5.75 Å². The summed E-state index contributed by atoms with van der Waals surface area (Å²) in [6, 6.07) is 14.8. The van der Waals surface area contributed by atoms with Gasteiger partial charge < -0.3 is 14.8 Å². The van der Waals surface area contributed by atoms with Gasteiger partial charge in [-0.3, -0.25) is 9.59 Å². The largest absolute Gasteiger partial charge is 0.494 e. The average Bonchev–Trinajstić information content (AvgIpc) is 2.68. The monoisotopic (exact) mass is 369 g/mol. The molecule has 0 unspecified atom stereocenters. The van der Waals surface area contributed by atoms with Gasteiger partial charge in [-0.2, -0.15) is 0 Å². The number of rotatable bonds is 11. The molecule has 0 bridgehead atoms. The molecule has 0 radical (unpaired) electrons. The summed E-state index contributed by atoms with van der Waals surface area (Å²) in [6.07, 6.45) is 1.63. The summed E-state index contributed by atoms with van der Waals surface area (Å²) in [6.45, 7) is 5.46. The van der Waals surface area contributed by atoms with Gasteiger partial charge in [0, 0.05) is 24.2 Å². The molecule has 2 aromatic rings. The molecule has 0 atom stereocenters. The van der Waals surface area contributed by atoms with Crippen molar-refractivity contribution >= 4 is 17.4 Å². The van der Waals surface area contributed by atoms with Crippen LogP contribution in [0, 0.1) is 0 Å². The zero-order chi connectivity index (χ0) is 19.5. The smallest absolute Gasteiger partial charge is 0.310 e. The van der Waals surface area contributed by atoms with Crippen molar-refractivity contribution in [3.8, 4) is 5.75 Å². The first kappa shape index (κ1) is 20.5. The molecule has 0 aromatic heterocycles. The number of Topliss-reactive ketones (excluding diaryl/α,β-unsaturated/α-hetero) is 1. The van der Waals surface area contributed by atoms with Gasteiger partial charge in [0.1, 0.15) is 5.75 Å². The summed E-state index contributed by atoms with van der Waals surface area (Å²) in [4.78, 5) is 23.7. The van der Waals surface area contributed by atoms with Gasteiger partial charge >= 0.3 is 5.97 Å². The van der Waals surface area contributed by atoms with E-state index in [0.717, 1.165) is 23.4 Å². The minimum atomic E-state index is -0.227. The third-order valence-corrected chi connectivity index (χ3v) is 3.94. The summed E-state index contributed by atoms with van der Waals surface area (Å²) in [5.41, 5.74) is 2.50. The first-order valence-corrected chi connectivity index (χ1v) is 9.37. The summed E-state index contributed by atoms with van der Waals surface area (Å²) in [7, 11) is 0. The Labute approximate surface area is 160 Å². The lowest BCUT2D eigenvalue weighted by Gasteiger charge is -2.08. The molecule has 27 heavy (non-hydrogen) atoms. The van der Waals surface area contributed by atoms with Gasteiger partial charge in [0.2, 0.25) is 0 Å². The Hall–Kier alpha value is -2.82. The highest BCUT2D eigenvalue weighted by Gasteiger charge is 2.07. The fourth-order valence-corrected chi connectivity index (χ4v) is 2.54. The fraction of sp³-hybridized carbons (Fsp3) is 0.364. The molecule has 0 saturated carbocycles. The van der Waals surface area contributed by atoms with Crippen molar-refractivity contribution in [1.29, 1.82) is 0 Å². The number of carbonyl (C=O) groups is 2. The summed E-state index contributed by atoms with van der Waals surface area (Å²) in [5, 5.41) is 3.23. The molecule has 0 saturated heterocycles. The highest BCUT2D eigenvalue weighted by Crippen LogP contribution is 2.15. The molecule has 5 nitrogen and oxygen atoms in total. The maximum atomic E-state index is 12.3.